The number of hydrogen-bond donors (Lipinski definition) is 1. The van der Waals surface area contributed by atoms with Crippen molar-refractivity contribution in [3.8, 4) is 0 Å². The zero-order valence-corrected chi connectivity index (χ0v) is 10.2. The van der Waals surface area contributed by atoms with Gasteiger partial charge in [-0.1, -0.05) is 24.6 Å². The van der Waals surface area contributed by atoms with Crippen molar-refractivity contribution >= 4 is 5.97 Å². The molecule has 1 saturated carbocycles. The Kier molecular flexibility index (Phi) is 3.79. The van der Waals surface area contributed by atoms with Crippen LogP contribution in [0.15, 0.2) is 24.3 Å². The van der Waals surface area contributed by atoms with Gasteiger partial charge in [-0.3, -0.25) is 0 Å². The van der Waals surface area contributed by atoms with Crippen molar-refractivity contribution in [2.24, 2.45) is 0 Å². The summed E-state index contributed by atoms with van der Waals surface area (Å²) in [5.74, 6) is -0.827. The molecule has 1 aliphatic rings. The molecule has 1 aromatic rings. The highest BCUT2D eigenvalue weighted by molar-refractivity contribution is 5.89. The Labute approximate surface area is 102 Å². The van der Waals surface area contributed by atoms with Crippen molar-refractivity contribution in [2.45, 2.75) is 31.7 Å². The van der Waals surface area contributed by atoms with E-state index in [1.807, 2.05) is 12.1 Å². The maximum absolute atomic E-state index is 11.1. The molecule has 0 aliphatic heterocycles. The minimum atomic E-state index is -0.827. The van der Waals surface area contributed by atoms with Gasteiger partial charge in [-0.25, -0.2) is 4.79 Å². The van der Waals surface area contributed by atoms with E-state index in [2.05, 4.69) is 11.9 Å². The molecule has 1 aromatic carbocycles. The maximum Gasteiger partial charge on any atom is 0.335 e. The number of benzene rings is 1. The van der Waals surface area contributed by atoms with Gasteiger partial charge in [-0.2, -0.15) is 0 Å². The topological polar surface area (TPSA) is 40.5 Å². The van der Waals surface area contributed by atoms with Gasteiger partial charge in [-0.15, -0.1) is 0 Å². The molecule has 1 N–H and O–H groups in total. The number of nitrogens with zero attached hydrogens (tertiary/aromatic N) is 1. The second kappa shape index (κ2) is 5.32. The molecule has 0 aromatic heterocycles. The lowest BCUT2D eigenvalue weighted by Crippen LogP contribution is -2.38. The van der Waals surface area contributed by atoms with Crippen molar-refractivity contribution in [3.05, 3.63) is 35.4 Å². The minimum Gasteiger partial charge on any atom is -0.478 e. The number of aromatic carboxylic acids is 1. The van der Waals surface area contributed by atoms with Crippen LogP contribution in [0.2, 0.25) is 0 Å². The highest BCUT2D eigenvalue weighted by Crippen LogP contribution is 2.23. The summed E-state index contributed by atoms with van der Waals surface area (Å²) in [5, 5.41) is 9.08. The van der Waals surface area contributed by atoms with E-state index < -0.39 is 5.97 Å². The van der Waals surface area contributed by atoms with E-state index in [0.29, 0.717) is 11.6 Å². The highest BCUT2D eigenvalue weighted by Gasteiger charge is 2.21. The van der Waals surface area contributed by atoms with Crippen molar-refractivity contribution in [1.82, 2.24) is 4.90 Å². The standard InChI is InChI=1S/C14H19NO2/c1-15(12-6-4-7-12)10-9-11-5-2-3-8-13(11)14(16)17/h2-3,5,8,12H,4,6-7,9-10H2,1H3,(H,16,17). The second-order valence-electron chi connectivity index (χ2n) is 4.78. The van der Waals surface area contributed by atoms with Gasteiger partial charge in [0.25, 0.3) is 0 Å². The van der Waals surface area contributed by atoms with Gasteiger partial charge in [0.05, 0.1) is 5.56 Å². The van der Waals surface area contributed by atoms with Crippen LogP contribution in [0, 0.1) is 0 Å². The molecule has 0 amide bonds. The van der Waals surface area contributed by atoms with E-state index in [9.17, 15) is 4.79 Å². The summed E-state index contributed by atoms with van der Waals surface area (Å²) in [6, 6.07) is 8.00. The third kappa shape index (κ3) is 2.86. The molecule has 0 atom stereocenters. The Morgan fingerprint density at radius 1 is 1.41 bits per heavy atom. The molecule has 92 valence electrons. The Hall–Kier alpha value is -1.35. The Bertz CT molecular complexity index is 399. The lowest BCUT2D eigenvalue weighted by atomic mass is 9.91. The molecule has 3 nitrogen and oxygen atoms in total. The van der Waals surface area contributed by atoms with Crippen LogP contribution >= 0.6 is 0 Å². The Morgan fingerprint density at radius 3 is 2.71 bits per heavy atom. The summed E-state index contributed by atoms with van der Waals surface area (Å²) in [4.78, 5) is 13.4. The van der Waals surface area contributed by atoms with Gasteiger partial charge in [0.1, 0.15) is 0 Å². The van der Waals surface area contributed by atoms with Gasteiger partial charge in [0.2, 0.25) is 0 Å². The summed E-state index contributed by atoms with van der Waals surface area (Å²) in [6.45, 7) is 0.939. The van der Waals surface area contributed by atoms with Gasteiger partial charge in [0, 0.05) is 12.6 Å². The van der Waals surface area contributed by atoms with Crippen molar-refractivity contribution in [1.29, 1.82) is 0 Å². The number of hydrogen-bond acceptors (Lipinski definition) is 2. The molecule has 0 spiro atoms. The lowest BCUT2D eigenvalue weighted by molar-refractivity contribution is 0.0695. The van der Waals surface area contributed by atoms with Gasteiger partial charge >= 0.3 is 5.97 Å². The monoisotopic (exact) mass is 233 g/mol. The molecule has 0 saturated heterocycles. The molecule has 17 heavy (non-hydrogen) atoms. The third-order valence-corrected chi connectivity index (χ3v) is 3.68. The van der Waals surface area contributed by atoms with Gasteiger partial charge in [-0.05, 0) is 37.9 Å². The molecule has 3 heteroatoms. The highest BCUT2D eigenvalue weighted by atomic mass is 16.4. The van der Waals surface area contributed by atoms with E-state index in [4.69, 9.17) is 5.11 Å². The number of likely N-dealkylation sites (N-methyl/N-ethyl adjacent to an activating group) is 1. The first-order valence-electron chi connectivity index (χ1n) is 6.20. The fourth-order valence-corrected chi connectivity index (χ4v) is 2.25. The molecule has 1 fully saturated rings. The molecule has 0 unspecified atom stereocenters. The summed E-state index contributed by atoms with van der Waals surface area (Å²) in [6.07, 6.45) is 4.73. The maximum atomic E-state index is 11.1. The van der Waals surface area contributed by atoms with E-state index in [0.717, 1.165) is 18.5 Å². The number of carboxylic acid groups (broad SMARTS) is 1. The lowest BCUT2D eigenvalue weighted by Gasteiger charge is -2.34. The van der Waals surface area contributed by atoms with Crippen LogP contribution in [0.3, 0.4) is 0 Å². The summed E-state index contributed by atoms with van der Waals surface area (Å²) in [7, 11) is 2.13. The second-order valence-corrected chi connectivity index (χ2v) is 4.78. The van der Waals surface area contributed by atoms with Crippen molar-refractivity contribution in [3.63, 3.8) is 0 Å². The first-order chi connectivity index (χ1) is 8.18. The minimum absolute atomic E-state index is 0.439. The molecular weight excluding hydrogens is 214 g/mol. The third-order valence-electron chi connectivity index (χ3n) is 3.68. The molecule has 0 bridgehead atoms. The number of carbonyl (C=O) groups is 1. The zero-order chi connectivity index (χ0) is 12.3. The Balaban J connectivity index is 1.95. The fraction of sp³-hybridized carbons (Fsp3) is 0.500. The van der Waals surface area contributed by atoms with Crippen molar-refractivity contribution in [2.75, 3.05) is 13.6 Å². The number of carboxylic acids is 1. The first kappa shape index (κ1) is 12.1. The largest absolute Gasteiger partial charge is 0.478 e. The average molecular weight is 233 g/mol. The quantitative estimate of drug-likeness (QED) is 0.849. The van der Waals surface area contributed by atoms with E-state index in [1.165, 1.54) is 19.3 Å². The molecular formula is C14H19NO2. The van der Waals surface area contributed by atoms with E-state index in [1.54, 1.807) is 12.1 Å². The molecule has 0 radical (unpaired) electrons. The normalized spacial score (nSPS) is 15.9. The predicted octanol–water partition coefficient (Wildman–Crippen LogP) is 2.41. The SMILES string of the molecule is CN(CCc1ccccc1C(=O)O)C1CCC1. The summed E-state index contributed by atoms with van der Waals surface area (Å²) in [5.41, 5.74) is 1.38. The van der Waals surface area contributed by atoms with Crippen LogP contribution in [0.5, 0.6) is 0 Å². The van der Waals surface area contributed by atoms with Crippen LogP contribution in [0.25, 0.3) is 0 Å². The van der Waals surface area contributed by atoms with Crippen LogP contribution in [-0.4, -0.2) is 35.6 Å². The summed E-state index contributed by atoms with van der Waals surface area (Å²) >= 11 is 0. The van der Waals surface area contributed by atoms with Gasteiger partial charge < -0.3 is 10.0 Å². The van der Waals surface area contributed by atoms with Crippen LogP contribution in [0.1, 0.15) is 35.2 Å². The van der Waals surface area contributed by atoms with Crippen LogP contribution in [-0.2, 0) is 6.42 Å². The fourth-order valence-electron chi connectivity index (χ4n) is 2.25. The zero-order valence-electron chi connectivity index (χ0n) is 10.2. The van der Waals surface area contributed by atoms with Gasteiger partial charge in [0.15, 0.2) is 0 Å². The molecule has 2 rings (SSSR count). The average Bonchev–Trinajstić information content (AvgIpc) is 2.24. The number of rotatable bonds is 5. The predicted molar refractivity (Wildman–Crippen MR) is 67.4 cm³/mol. The Morgan fingerprint density at radius 2 is 2.12 bits per heavy atom. The smallest absolute Gasteiger partial charge is 0.335 e. The first-order valence-corrected chi connectivity index (χ1v) is 6.20. The van der Waals surface area contributed by atoms with E-state index >= 15 is 0 Å². The summed E-state index contributed by atoms with van der Waals surface area (Å²) < 4.78 is 0. The van der Waals surface area contributed by atoms with Crippen LogP contribution in [0.4, 0.5) is 0 Å². The molecule has 0 heterocycles. The van der Waals surface area contributed by atoms with E-state index in [-0.39, 0.29) is 0 Å². The molecule has 1 aliphatic carbocycles. The van der Waals surface area contributed by atoms with Crippen molar-refractivity contribution < 1.29 is 9.90 Å². The van der Waals surface area contributed by atoms with Crippen LogP contribution < -0.4 is 0 Å².